The van der Waals surface area contributed by atoms with E-state index < -0.39 is 11.6 Å². The fourth-order valence-corrected chi connectivity index (χ4v) is 3.57. The van der Waals surface area contributed by atoms with Gasteiger partial charge in [0.05, 0.1) is 16.8 Å². The van der Waals surface area contributed by atoms with Crippen LogP contribution in [0.3, 0.4) is 0 Å². The van der Waals surface area contributed by atoms with Crippen molar-refractivity contribution in [1.82, 2.24) is 15.2 Å². The van der Waals surface area contributed by atoms with Crippen LogP contribution in [0.2, 0.25) is 5.02 Å². The molecule has 0 fully saturated rings. The molecular weight excluding hydrogens is 365 g/mol. The third-order valence-electron chi connectivity index (χ3n) is 4.93. The van der Waals surface area contributed by atoms with Crippen molar-refractivity contribution >= 4 is 17.4 Å². The van der Waals surface area contributed by atoms with Gasteiger partial charge in [-0.25, -0.2) is 4.39 Å². The lowest BCUT2D eigenvalue weighted by atomic mass is 9.84. The average Bonchev–Trinajstić information content (AvgIpc) is 3.22. The summed E-state index contributed by atoms with van der Waals surface area (Å²) in [5.74, 6) is -0.818. The zero-order valence-electron chi connectivity index (χ0n) is 15.2. The van der Waals surface area contributed by atoms with Crippen LogP contribution in [0.1, 0.15) is 65.6 Å². The SMILES string of the molecule is CC[C@@H](C[C@H](C)c1cn[nH]c1)c1ccc(Cl)c(C(=O)c2cccnc2)c1F. The molecule has 3 aromatic rings. The van der Waals surface area contributed by atoms with Crippen LogP contribution in [0.25, 0.3) is 0 Å². The lowest BCUT2D eigenvalue weighted by molar-refractivity contribution is 0.103. The number of aromatic amines is 1. The number of hydrogen-bond donors (Lipinski definition) is 1. The van der Waals surface area contributed by atoms with Gasteiger partial charge in [-0.1, -0.05) is 31.5 Å². The van der Waals surface area contributed by atoms with E-state index >= 15 is 4.39 Å². The Morgan fingerprint density at radius 2 is 2.11 bits per heavy atom. The molecule has 1 N–H and O–H groups in total. The summed E-state index contributed by atoms with van der Waals surface area (Å²) >= 11 is 6.19. The molecule has 0 aliphatic heterocycles. The molecule has 0 unspecified atom stereocenters. The van der Waals surface area contributed by atoms with Crippen molar-refractivity contribution in [3.8, 4) is 0 Å². The van der Waals surface area contributed by atoms with E-state index in [0.29, 0.717) is 11.1 Å². The zero-order valence-corrected chi connectivity index (χ0v) is 16.0. The van der Waals surface area contributed by atoms with Crippen molar-refractivity contribution in [2.45, 2.75) is 38.5 Å². The van der Waals surface area contributed by atoms with Gasteiger partial charge in [-0.2, -0.15) is 5.10 Å². The monoisotopic (exact) mass is 385 g/mol. The first kappa shape index (κ1) is 19.2. The standard InChI is InChI=1S/C21H21ClFN3O/c1-3-14(9-13(2)16-11-25-26-12-16)17-6-7-18(22)19(20(17)23)21(27)15-5-4-8-24-10-15/h4-8,10-14H,3,9H2,1-2H3,(H,25,26)/t13-,14-/m0/s1. The number of rotatable bonds is 7. The van der Waals surface area contributed by atoms with Crippen molar-refractivity contribution in [3.63, 3.8) is 0 Å². The maximum atomic E-state index is 15.4. The summed E-state index contributed by atoms with van der Waals surface area (Å²) in [5.41, 5.74) is 1.82. The molecule has 0 aliphatic rings. The van der Waals surface area contributed by atoms with Gasteiger partial charge >= 0.3 is 0 Å². The molecule has 0 bridgehead atoms. The Bertz CT molecular complexity index is 913. The van der Waals surface area contributed by atoms with E-state index in [1.54, 1.807) is 36.7 Å². The molecule has 0 saturated heterocycles. The highest BCUT2D eigenvalue weighted by atomic mass is 35.5. The Kier molecular flexibility index (Phi) is 6.01. The number of halogens is 2. The lowest BCUT2D eigenvalue weighted by Crippen LogP contribution is -2.11. The minimum Gasteiger partial charge on any atom is -0.288 e. The first-order valence-electron chi connectivity index (χ1n) is 8.94. The van der Waals surface area contributed by atoms with Gasteiger partial charge in [-0.3, -0.25) is 14.9 Å². The molecule has 27 heavy (non-hydrogen) atoms. The molecule has 3 rings (SSSR count). The molecule has 0 radical (unpaired) electrons. The van der Waals surface area contributed by atoms with Crippen LogP contribution in [0.15, 0.2) is 49.1 Å². The molecule has 6 heteroatoms. The van der Waals surface area contributed by atoms with E-state index in [2.05, 4.69) is 22.1 Å². The lowest BCUT2D eigenvalue weighted by Gasteiger charge is -2.21. The van der Waals surface area contributed by atoms with E-state index in [1.165, 1.54) is 6.20 Å². The van der Waals surface area contributed by atoms with Crippen molar-refractivity contribution in [2.75, 3.05) is 0 Å². The summed E-state index contributed by atoms with van der Waals surface area (Å²) in [6.45, 7) is 4.10. The van der Waals surface area contributed by atoms with E-state index in [4.69, 9.17) is 11.6 Å². The molecule has 0 aliphatic carbocycles. The van der Waals surface area contributed by atoms with Crippen LogP contribution >= 0.6 is 11.6 Å². The van der Waals surface area contributed by atoms with E-state index in [-0.39, 0.29) is 22.4 Å². The molecule has 0 spiro atoms. The van der Waals surface area contributed by atoms with Gasteiger partial charge in [-0.15, -0.1) is 0 Å². The first-order chi connectivity index (χ1) is 13.0. The fraction of sp³-hybridized carbons (Fsp3) is 0.286. The molecule has 140 valence electrons. The summed E-state index contributed by atoms with van der Waals surface area (Å²) in [7, 11) is 0. The second kappa shape index (κ2) is 8.44. The summed E-state index contributed by atoms with van der Waals surface area (Å²) in [6.07, 6.45) is 8.12. The fourth-order valence-electron chi connectivity index (χ4n) is 3.34. The van der Waals surface area contributed by atoms with Gasteiger partial charge in [0, 0.05) is 24.2 Å². The van der Waals surface area contributed by atoms with Crippen LogP contribution in [0.4, 0.5) is 4.39 Å². The van der Waals surface area contributed by atoms with Crippen LogP contribution in [-0.4, -0.2) is 21.0 Å². The topological polar surface area (TPSA) is 58.6 Å². The third-order valence-corrected chi connectivity index (χ3v) is 5.25. The Hall–Kier alpha value is -2.53. The molecule has 0 saturated carbocycles. The normalized spacial score (nSPS) is 13.3. The van der Waals surface area contributed by atoms with Crippen LogP contribution < -0.4 is 0 Å². The minimum absolute atomic E-state index is 0.0346. The number of benzene rings is 1. The second-order valence-corrected chi connectivity index (χ2v) is 7.08. The predicted octanol–water partition coefficient (Wildman–Crippen LogP) is 5.52. The van der Waals surface area contributed by atoms with Gasteiger partial charge in [0.15, 0.2) is 5.78 Å². The Morgan fingerprint density at radius 1 is 1.30 bits per heavy atom. The van der Waals surface area contributed by atoms with Crippen molar-refractivity contribution in [3.05, 3.63) is 82.1 Å². The van der Waals surface area contributed by atoms with Gasteiger partial charge in [-0.05, 0) is 54.0 Å². The van der Waals surface area contributed by atoms with Gasteiger partial charge in [0.2, 0.25) is 0 Å². The maximum Gasteiger partial charge on any atom is 0.199 e. The predicted molar refractivity (Wildman–Crippen MR) is 104 cm³/mol. The number of pyridine rings is 1. The molecule has 2 aromatic heterocycles. The van der Waals surface area contributed by atoms with Crippen LogP contribution in [-0.2, 0) is 0 Å². The van der Waals surface area contributed by atoms with E-state index in [9.17, 15) is 4.79 Å². The number of nitrogens with zero attached hydrogens (tertiary/aromatic N) is 2. The number of hydrogen-bond acceptors (Lipinski definition) is 3. The summed E-state index contributed by atoms with van der Waals surface area (Å²) in [6, 6.07) is 6.54. The number of ketones is 1. The summed E-state index contributed by atoms with van der Waals surface area (Å²) in [5, 5.41) is 6.91. The highest BCUT2D eigenvalue weighted by Crippen LogP contribution is 2.36. The first-order valence-corrected chi connectivity index (χ1v) is 9.32. The van der Waals surface area contributed by atoms with Gasteiger partial charge in [0.1, 0.15) is 5.82 Å². The Balaban J connectivity index is 1.95. The Morgan fingerprint density at radius 3 is 2.74 bits per heavy atom. The highest BCUT2D eigenvalue weighted by Gasteiger charge is 2.25. The molecule has 4 nitrogen and oxygen atoms in total. The smallest absolute Gasteiger partial charge is 0.199 e. The number of carbonyl (C=O) groups excluding carboxylic acids is 1. The molecular formula is C21H21ClFN3O. The molecule has 2 atom stereocenters. The van der Waals surface area contributed by atoms with Gasteiger partial charge < -0.3 is 0 Å². The quantitative estimate of drug-likeness (QED) is 0.545. The zero-order chi connectivity index (χ0) is 19.4. The second-order valence-electron chi connectivity index (χ2n) is 6.67. The summed E-state index contributed by atoms with van der Waals surface area (Å²) < 4.78 is 15.4. The molecule has 0 amide bonds. The number of aromatic nitrogens is 3. The third kappa shape index (κ3) is 4.08. The minimum atomic E-state index is -0.539. The van der Waals surface area contributed by atoms with E-state index in [1.807, 2.05) is 13.1 Å². The maximum absolute atomic E-state index is 15.4. The number of H-pyrrole nitrogens is 1. The van der Waals surface area contributed by atoms with Crippen molar-refractivity contribution in [2.24, 2.45) is 0 Å². The van der Waals surface area contributed by atoms with E-state index in [0.717, 1.165) is 18.4 Å². The van der Waals surface area contributed by atoms with Crippen molar-refractivity contribution < 1.29 is 9.18 Å². The Labute approximate surface area is 162 Å². The van der Waals surface area contributed by atoms with Gasteiger partial charge in [0.25, 0.3) is 0 Å². The molecule has 1 aromatic carbocycles. The highest BCUT2D eigenvalue weighted by molar-refractivity contribution is 6.35. The number of carbonyl (C=O) groups is 1. The molecule has 2 heterocycles. The average molecular weight is 386 g/mol. The van der Waals surface area contributed by atoms with Crippen LogP contribution in [0.5, 0.6) is 0 Å². The van der Waals surface area contributed by atoms with Crippen LogP contribution in [0, 0.1) is 5.82 Å². The largest absolute Gasteiger partial charge is 0.288 e. The van der Waals surface area contributed by atoms with Crippen molar-refractivity contribution in [1.29, 1.82) is 0 Å². The summed E-state index contributed by atoms with van der Waals surface area (Å²) in [4.78, 5) is 16.7. The number of nitrogens with one attached hydrogen (secondary N) is 1.